The average Bonchev–Trinajstić information content (AvgIpc) is 2.60. The number of hydrogen-bond donors (Lipinski definition) is 1. The fraction of sp³-hybridized carbons (Fsp3) is 0.667. The van der Waals surface area contributed by atoms with Crippen molar-refractivity contribution in [2.45, 2.75) is 32.6 Å². The molecule has 0 spiro atoms. The number of carbonyl (C=O) groups is 1. The van der Waals surface area contributed by atoms with Crippen molar-refractivity contribution in [3.05, 3.63) is 22.9 Å². The van der Waals surface area contributed by atoms with E-state index < -0.39 is 0 Å². The van der Waals surface area contributed by atoms with Crippen molar-refractivity contribution in [3.8, 4) is 0 Å². The molecule has 1 aliphatic carbocycles. The van der Waals surface area contributed by atoms with Crippen LogP contribution in [0.1, 0.15) is 32.6 Å². The summed E-state index contributed by atoms with van der Waals surface area (Å²) in [6.07, 6.45) is 7.44. The molecular formula is C18H30N2O4. The second-order valence-electron chi connectivity index (χ2n) is 5.46. The first-order valence-electron chi connectivity index (χ1n) is 8.56. The van der Waals surface area contributed by atoms with Gasteiger partial charge in [0.25, 0.3) is 0 Å². The van der Waals surface area contributed by atoms with Crippen molar-refractivity contribution in [1.29, 1.82) is 0 Å². The SMILES string of the molecule is CCOCCOC(=O)/C(C=NC)=C1/C=C(NCCCOC)CCC1. The van der Waals surface area contributed by atoms with Crippen LogP contribution in [0.15, 0.2) is 27.9 Å². The fourth-order valence-electron chi connectivity index (χ4n) is 2.45. The number of methoxy groups -OCH3 is 1. The van der Waals surface area contributed by atoms with E-state index in [1.165, 1.54) is 0 Å². The highest BCUT2D eigenvalue weighted by Gasteiger charge is 2.17. The molecular weight excluding hydrogens is 308 g/mol. The molecule has 136 valence electrons. The zero-order chi connectivity index (χ0) is 17.6. The number of allylic oxidation sites excluding steroid dienone is 3. The van der Waals surface area contributed by atoms with Gasteiger partial charge in [-0.3, -0.25) is 4.99 Å². The van der Waals surface area contributed by atoms with E-state index in [4.69, 9.17) is 14.2 Å². The lowest BCUT2D eigenvalue weighted by molar-refractivity contribution is -0.139. The number of esters is 1. The van der Waals surface area contributed by atoms with Crippen LogP contribution in [0.2, 0.25) is 0 Å². The molecule has 6 nitrogen and oxygen atoms in total. The third kappa shape index (κ3) is 7.75. The summed E-state index contributed by atoms with van der Waals surface area (Å²) in [7, 11) is 3.36. The van der Waals surface area contributed by atoms with Crippen LogP contribution in [0.25, 0.3) is 0 Å². The largest absolute Gasteiger partial charge is 0.460 e. The molecule has 0 fully saturated rings. The van der Waals surface area contributed by atoms with Crippen LogP contribution in [0, 0.1) is 0 Å². The quantitative estimate of drug-likeness (QED) is 0.271. The van der Waals surface area contributed by atoms with E-state index in [0.717, 1.165) is 50.1 Å². The van der Waals surface area contributed by atoms with Gasteiger partial charge in [0.1, 0.15) is 6.61 Å². The molecule has 0 radical (unpaired) electrons. The first-order chi connectivity index (χ1) is 11.7. The fourth-order valence-corrected chi connectivity index (χ4v) is 2.45. The van der Waals surface area contributed by atoms with Crippen LogP contribution >= 0.6 is 0 Å². The highest BCUT2D eigenvalue weighted by atomic mass is 16.6. The number of rotatable bonds is 11. The van der Waals surface area contributed by atoms with Gasteiger partial charge in [0.05, 0.1) is 12.2 Å². The lowest BCUT2D eigenvalue weighted by Gasteiger charge is -2.19. The van der Waals surface area contributed by atoms with Crippen molar-refractivity contribution in [2.24, 2.45) is 4.99 Å². The van der Waals surface area contributed by atoms with Crippen LogP contribution < -0.4 is 5.32 Å². The van der Waals surface area contributed by atoms with E-state index in [0.29, 0.717) is 18.8 Å². The summed E-state index contributed by atoms with van der Waals surface area (Å²) in [6.45, 7) is 4.80. The third-order valence-electron chi connectivity index (χ3n) is 3.61. The molecule has 0 bridgehead atoms. The van der Waals surface area contributed by atoms with Crippen molar-refractivity contribution < 1.29 is 19.0 Å². The summed E-state index contributed by atoms with van der Waals surface area (Å²) in [4.78, 5) is 16.3. The van der Waals surface area contributed by atoms with Gasteiger partial charge >= 0.3 is 5.97 Å². The van der Waals surface area contributed by atoms with Crippen LogP contribution in [0.3, 0.4) is 0 Å². The van der Waals surface area contributed by atoms with Gasteiger partial charge in [-0.1, -0.05) is 0 Å². The van der Waals surface area contributed by atoms with Crippen LogP contribution in [-0.4, -0.2) is 59.3 Å². The molecule has 0 saturated heterocycles. The standard InChI is InChI=1S/C18H30N2O4/c1-4-23-11-12-24-18(21)17(14-19-2)15-7-5-8-16(13-15)20-9-6-10-22-3/h13-14,20H,4-12H2,1-3H3/b17-15+,19-14?. The Bertz CT molecular complexity index is 470. The molecule has 0 aromatic rings. The summed E-state index contributed by atoms with van der Waals surface area (Å²) < 4.78 is 15.5. The first-order valence-corrected chi connectivity index (χ1v) is 8.56. The Morgan fingerprint density at radius 1 is 1.33 bits per heavy atom. The van der Waals surface area contributed by atoms with E-state index in [-0.39, 0.29) is 12.6 Å². The van der Waals surface area contributed by atoms with Crippen molar-refractivity contribution in [3.63, 3.8) is 0 Å². The number of aliphatic imine (C=N–C) groups is 1. The molecule has 0 amide bonds. The molecule has 1 aliphatic rings. The molecule has 0 atom stereocenters. The summed E-state index contributed by atoms with van der Waals surface area (Å²) in [5.74, 6) is -0.341. The lowest BCUT2D eigenvalue weighted by Crippen LogP contribution is -2.20. The zero-order valence-electron chi connectivity index (χ0n) is 15.1. The summed E-state index contributed by atoms with van der Waals surface area (Å²) in [5, 5.41) is 3.41. The van der Waals surface area contributed by atoms with Crippen molar-refractivity contribution >= 4 is 12.2 Å². The van der Waals surface area contributed by atoms with Gasteiger partial charge in [-0.2, -0.15) is 0 Å². The molecule has 0 heterocycles. The zero-order valence-corrected chi connectivity index (χ0v) is 15.1. The molecule has 1 N–H and O–H groups in total. The minimum absolute atomic E-state index is 0.257. The Balaban J connectivity index is 2.72. The monoisotopic (exact) mass is 338 g/mol. The van der Waals surface area contributed by atoms with Crippen molar-refractivity contribution in [2.75, 3.05) is 47.1 Å². The van der Waals surface area contributed by atoms with Crippen molar-refractivity contribution in [1.82, 2.24) is 5.32 Å². The molecule has 0 aromatic heterocycles. The van der Waals surface area contributed by atoms with E-state index in [2.05, 4.69) is 16.4 Å². The normalized spacial score (nSPS) is 16.9. The molecule has 1 rings (SSSR count). The summed E-state index contributed by atoms with van der Waals surface area (Å²) >= 11 is 0. The summed E-state index contributed by atoms with van der Waals surface area (Å²) in [5.41, 5.74) is 2.66. The minimum Gasteiger partial charge on any atom is -0.460 e. The molecule has 6 heteroatoms. The van der Waals surface area contributed by atoms with E-state index in [1.54, 1.807) is 20.4 Å². The molecule has 0 unspecified atom stereocenters. The van der Waals surface area contributed by atoms with Gasteiger partial charge in [-0.15, -0.1) is 0 Å². The van der Waals surface area contributed by atoms with E-state index >= 15 is 0 Å². The van der Waals surface area contributed by atoms with E-state index in [1.807, 2.05) is 6.92 Å². The smallest absolute Gasteiger partial charge is 0.340 e. The Morgan fingerprint density at radius 2 is 2.17 bits per heavy atom. The number of hydrogen-bond acceptors (Lipinski definition) is 6. The topological polar surface area (TPSA) is 69.2 Å². The minimum atomic E-state index is -0.341. The van der Waals surface area contributed by atoms with Gasteiger partial charge in [0.2, 0.25) is 0 Å². The Kier molecular flexibility index (Phi) is 10.8. The second-order valence-corrected chi connectivity index (χ2v) is 5.46. The number of carbonyl (C=O) groups excluding carboxylic acids is 1. The predicted octanol–water partition coefficient (Wildman–Crippen LogP) is 2.26. The number of nitrogens with zero attached hydrogens (tertiary/aromatic N) is 1. The highest BCUT2D eigenvalue weighted by Crippen LogP contribution is 2.23. The first kappa shape index (κ1) is 20.4. The third-order valence-corrected chi connectivity index (χ3v) is 3.61. The highest BCUT2D eigenvalue weighted by molar-refractivity contribution is 6.10. The van der Waals surface area contributed by atoms with Gasteiger partial charge in [0, 0.05) is 45.8 Å². The lowest BCUT2D eigenvalue weighted by atomic mass is 9.95. The van der Waals surface area contributed by atoms with Gasteiger partial charge in [-0.05, 0) is 44.3 Å². The summed E-state index contributed by atoms with van der Waals surface area (Å²) in [6, 6.07) is 0. The average molecular weight is 338 g/mol. The Labute approximate surface area is 145 Å². The van der Waals surface area contributed by atoms with Gasteiger partial charge in [0.15, 0.2) is 0 Å². The molecule has 0 aliphatic heterocycles. The maximum atomic E-state index is 12.3. The Morgan fingerprint density at radius 3 is 2.88 bits per heavy atom. The van der Waals surface area contributed by atoms with E-state index in [9.17, 15) is 4.79 Å². The van der Waals surface area contributed by atoms with Crippen LogP contribution in [0.4, 0.5) is 0 Å². The molecule has 0 saturated carbocycles. The predicted molar refractivity (Wildman–Crippen MR) is 95.3 cm³/mol. The molecule has 24 heavy (non-hydrogen) atoms. The van der Waals surface area contributed by atoms with Gasteiger partial charge in [-0.25, -0.2) is 4.79 Å². The van der Waals surface area contributed by atoms with Gasteiger partial charge < -0.3 is 19.5 Å². The molecule has 0 aromatic carbocycles. The second kappa shape index (κ2) is 12.7. The maximum absolute atomic E-state index is 12.3. The Hall–Kier alpha value is -1.66. The van der Waals surface area contributed by atoms with Crippen LogP contribution in [0.5, 0.6) is 0 Å². The number of nitrogens with one attached hydrogen (secondary N) is 1. The van der Waals surface area contributed by atoms with Crippen LogP contribution in [-0.2, 0) is 19.0 Å². The number of ether oxygens (including phenoxy) is 3. The maximum Gasteiger partial charge on any atom is 0.340 e.